The van der Waals surface area contributed by atoms with Gasteiger partial charge in [-0.3, -0.25) is 9.34 Å². The second-order valence-electron chi connectivity index (χ2n) is 5.34. The lowest BCUT2D eigenvalue weighted by atomic mass is 10.3. The van der Waals surface area contributed by atoms with E-state index >= 15 is 0 Å². The summed E-state index contributed by atoms with van der Waals surface area (Å²) in [6.45, 7) is 2.78. The van der Waals surface area contributed by atoms with Gasteiger partial charge in [0.25, 0.3) is 0 Å². The molecule has 23 heavy (non-hydrogen) atoms. The number of hydrogen-bond donors (Lipinski definition) is 1. The van der Waals surface area contributed by atoms with E-state index in [1.165, 1.54) is 7.11 Å². The summed E-state index contributed by atoms with van der Waals surface area (Å²) in [5, 5.41) is 3.39. The predicted molar refractivity (Wildman–Crippen MR) is 95.1 cm³/mol. The number of rotatable bonds is 3. The zero-order valence-corrected chi connectivity index (χ0v) is 14.2. The monoisotopic (exact) mass is 331 g/mol. The highest BCUT2D eigenvalue weighted by Crippen LogP contribution is 2.57. The number of nitrogens with zero attached hydrogens (tertiary/aromatic N) is 2. The van der Waals surface area contributed by atoms with Gasteiger partial charge in [-0.2, -0.15) is 0 Å². The second kappa shape index (κ2) is 7.18. The topological polar surface area (TPSA) is 44.8 Å². The molecule has 1 N–H and O–H groups in total. The molecule has 6 heteroatoms. The highest BCUT2D eigenvalue weighted by Gasteiger charge is 2.39. The van der Waals surface area contributed by atoms with Gasteiger partial charge in [0.2, 0.25) is 0 Å². The SMILES string of the molecule is COP1(=O)N(c2ccccc2)CCNCCN1c1ccccc1. The van der Waals surface area contributed by atoms with E-state index in [0.717, 1.165) is 24.5 Å². The Morgan fingerprint density at radius 1 is 0.870 bits per heavy atom. The second-order valence-corrected chi connectivity index (χ2v) is 7.65. The van der Waals surface area contributed by atoms with Gasteiger partial charge >= 0.3 is 7.67 Å². The van der Waals surface area contributed by atoms with Crippen LogP contribution in [0.25, 0.3) is 0 Å². The number of para-hydroxylation sites is 2. The Labute approximate surface area is 137 Å². The zero-order valence-electron chi connectivity index (χ0n) is 13.3. The normalized spacial score (nSPS) is 18.3. The van der Waals surface area contributed by atoms with Crippen LogP contribution in [0.1, 0.15) is 0 Å². The Hall–Kier alpha value is -1.81. The molecule has 1 fully saturated rings. The molecule has 1 saturated heterocycles. The lowest BCUT2D eigenvalue weighted by molar-refractivity contribution is 0.383. The van der Waals surface area contributed by atoms with E-state index < -0.39 is 7.67 Å². The van der Waals surface area contributed by atoms with Gasteiger partial charge in [0, 0.05) is 44.7 Å². The van der Waals surface area contributed by atoms with Crippen LogP contribution in [0, 0.1) is 0 Å². The molecule has 122 valence electrons. The molecule has 0 spiro atoms. The highest BCUT2D eigenvalue weighted by molar-refractivity contribution is 7.62. The molecule has 0 saturated carbocycles. The van der Waals surface area contributed by atoms with Crippen LogP contribution >= 0.6 is 7.67 Å². The van der Waals surface area contributed by atoms with Crippen LogP contribution in [0.15, 0.2) is 60.7 Å². The maximum Gasteiger partial charge on any atom is 0.396 e. The fourth-order valence-corrected chi connectivity index (χ4v) is 5.04. The molecule has 0 amide bonds. The molecule has 0 aromatic heterocycles. The van der Waals surface area contributed by atoms with Gasteiger partial charge in [0.05, 0.1) is 0 Å². The zero-order chi connectivity index (χ0) is 16.1. The van der Waals surface area contributed by atoms with Gasteiger partial charge in [-0.1, -0.05) is 36.4 Å². The first-order valence-corrected chi connectivity index (χ1v) is 9.31. The molecule has 0 radical (unpaired) electrons. The van der Waals surface area contributed by atoms with Gasteiger partial charge in [-0.05, 0) is 24.3 Å². The van der Waals surface area contributed by atoms with Gasteiger partial charge < -0.3 is 9.84 Å². The van der Waals surface area contributed by atoms with Crippen LogP contribution in [0.3, 0.4) is 0 Å². The maximum atomic E-state index is 13.8. The summed E-state index contributed by atoms with van der Waals surface area (Å²) in [6, 6.07) is 19.6. The molecule has 2 aromatic carbocycles. The number of anilines is 2. The molecule has 0 bridgehead atoms. The third kappa shape index (κ3) is 3.27. The summed E-state index contributed by atoms with van der Waals surface area (Å²) in [4.78, 5) is 0. The molecular weight excluding hydrogens is 309 g/mol. The highest BCUT2D eigenvalue weighted by atomic mass is 31.2. The molecule has 5 nitrogen and oxygen atoms in total. The van der Waals surface area contributed by atoms with Gasteiger partial charge in [0.15, 0.2) is 0 Å². The first-order chi connectivity index (χ1) is 11.3. The largest absolute Gasteiger partial charge is 0.396 e. The van der Waals surface area contributed by atoms with E-state index in [1.54, 1.807) is 0 Å². The first kappa shape index (κ1) is 16.1. The lowest BCUT2D eigenvalue weighted by Gasteiger charge is -2.41. The molecule has 0 unspecified atom stereocenters. The van der Waals surface area contributed by atoms with Gasteiger partial charge in [-0.25, -0.2) is 4.57 Å². The molecule has 1 heterocycles. The van der Waals surface area contributed by atoms with Crippen molar-refractivity contribution in [3.8, 4) is 0 Å². The lowest BCUT2D eigenvalue weighted by Crippen LogP contribution is -2.43. The summed E-state index contributed by atoms with van der Waals surface area (Å²) >= 11 is 0. The third-order valence-electron chi connectivity index (χ3n) is 3.96. The summed E-state index contributed by atoms with van der Waals surface area (Å²) in [5.74, 6) is 0. The standard InChI is InChI=1S/C17H22N3O2P/c1-22-23(21)19(16-8-4-2-5-9-16)14-12-18-13-15-20(23)17-10-6-3-7-11-17/h2-11,18H,12-15H2,1H3. The quantitative estimate of drug-likeness (QED) is 0.874. The first-order valence-electron chi connectivity index (χ1n) is 7.78. The van der Waals surface area contributed by atoms with E-state index in [9.17, 15) is 4.57 Å². The van der Waals surface area contributed by atoms with Crippen molar-refractivity contribution in [1.29, 1.82) is 0 Å². The fourth-order valence-electron chi connectivity index (χ4n) is 2.83. The summed E-state index contributed by atoms with van der Waals surface area (Å²) in [6.07, 6.45) is 0. The van der Waals surface area contributed by atoms with E-state index in [4.69, 9.17) is 4.52 Å². The Balaban J connectivity index is 2.05. The van der Waals surface area contributed by atoms with Crippen LogP contribution < -0.4 is 14.7 Å². The summed E-state index contributed by atoms with van der Waals surface area (Å²) in [7, 11) is -1.67. The van der Waals surface area contributed by atoms with Crippen molar-refractivity contribution in [2.24, 2.45) is 0 Å². The Kier molecular flexibility index (Phi) is 5.01. The smallest absolute Gasteiger partial charge is 0.313 e. The average Bonchev–Trinajstić information content (AvgIpc) is 2.60. The minimum Gasteiger partial charge on any atom is -0.313 e. The Bertz CT molecular complexity index is 613. The molecule has 1 aliphatic heterocycles. The Morgan fingerprint density at radius 2 is 1.30 bits per heavy atom. The minimum absolute atomic E-state index is 0.623. The van der Waals surface area contributed by atoms with Crippen molar-refractivity contribution < 1.29 is 9.09 Å². The van der Waals surface area contributed by atoms with Crippen LogP contribution in [-0.2, 0) is 9.09 Å². The molecule has 2 aromatic rings. The molecular formula is C17H22N3O2P. The van der Waals surface area contributed by atoms with Crippen molar-refractivity contribution in [3.05, 3.63) is 60.7 Å². The minimum atomic E-state index is -3.20. The molecule has 0 atom stereocenters. The number of nitrogens with one attached hydrogen (secondary N) is 1. The van der Waals surface area contributed by atoms with Gasteiger partial charge in [0.1, 0.15) is 0 Å². The van der Waals surface area contributed by atoms with Gasteiger partial charge in [-0.15, -0.1) is 0 Å². The summed E-state index contributed by atoms with van der Waals surface area (Å²) in [5.41, 5.74) is 1.81. The average molecular weight is 331 g/mol. The fraction of sp³-hybridized carbons (Fsp3) is 0.294. The van der Waals surface area contributed by atoms with Crippen LogP contribution in [0.2, 0.25) is 0 Å². The van der Waals surface area contributed by atoms with Crippen molar-refractivity contribution in [1.82, 2.24) is 5.32 Å². The number of benzene rings is 2. The summed E-state index contributed by atoms with van der Waals surface area (Å²) < 4.78 is 23.2. The van der Waals surface area contributed by atoms with E-state index in [-0.39, 0.29) is 0 Å². The third-order valence-corrected chi connectivity index (χ3v) is 6.52. The van der Waals surface area contributed by atoms with Crippen LogP contribution in [0.4, 0.5) is 11.4 Å². The van der Waals surface area contributed by atoms with E-state index in [1.807, 2.05) is 70.0 Å². The van der Waals surface area contributed by atoms with Crippen molar-refractivity contribution in [2.45, 2.75) is 0 Å². The molecule has 3 rings (SSSR count). The van der Waals surface area contributed by atoms with Crippen molar-refractivity contribution >= 4 is 19.0 Å². The van der Waals surface area contributed by atoms with Crippen molar-refractivity contribution in [2.75, 3.05) is 42.6 Å². The number of hydrogen-bond acceptors (Lipinski definition) is 3. The predicted octanol–water partition coefficient (Wildman–Crippen LogP) is 3.36. The molecule has 1 aliphatic rings. The van der Waals surface area contributed by atoms with Crippen molar-refractivity contribution in [3.63, 3.8) is 0 Å². The van der Waals surface area contributed by atoms with E-state index in [0.29, 0.717) is 13.1 Å². The Morgan fingerprint density at radius 3 is 1.70 bits per heavy atom. The van der Waals surface area contributed by atoms with Crippen LogP contribution in [0.5, 0.6) is 0 Å². The van der Waals surface area contributed by atoms with E-state index in [2.05, 4.69) is 5.32 Å². The molecule has 0 aliphatic carbocycles. The maximum absolute atomic E-state index is 13.8. The van der Waals surface area contributed by atoms with Crippen LogP contribution in [-0.4, -0.2) is 33.3 Å².